The summed E-state index contributed by atoms with van der Waals surface area (Å²) in [6.45, 7) is 8.28. The zero-order valence-electron chi connectivity index (χ0n) is 12.2. The highest BCUT2D eigenvalue weighted by molar-refractivity contribution is 6.30. The van der Waals surface area contributed by atoms with Crippen LogP contribution >= 0.6 is 11.6 Å². The number of hydrogen-bond donors (Lipinski definition) is 1. The standard InChI is InChI=1S/C17H19ClFN/c1-10-7-11(2)17(12(3)8-10)13(4)20-16-9-14(18)5-6-15(16)19/h5-9,13,20H,1-4H3. The first-order chi connectivity index (χ1) is 9.38. The molecule has 0 fully saturated rings. The van der Waals surface area contributed by atoms with Crippen molar-refractivity contribution in [1.29, 1.82) is 0 Å². The molecule has 0 radical (unpaired) electrons. The van der Waals surface area contributed by atoms with Crippen LogP contribution in [-0.4, -0.2) is 0 Å². The molecule has 1 atom stereocenters. The number of rotatable bonds is 3. The van der Waals surface area contributed by atoms with Gasteiger partial charge in [0.05, 0.1) is 5.69 Å². The second-order valence-electron chi connectivity index (χ2n) is 5.30. The Morgan fingerprint density at radius 1 is 1.05 bits per heavy atom. The van der Waals surface area contributed by atoms with Gasteiger partial charge >= 0.3 is 0 Å². The van der Waals surface area contributed by atoms with E-state index in [1.54, 1.807) is 12.1 Å². The van der Waals surface area contributed by atoms with Crippen molar-refractivity contribution in [2.75, 3.05) is 5.32 Å². The lowest BCUT2D eigenvalue weighted by molar-refractivity contribution is 0.627. The number of hydrogen-bond acceptors (Lipinski definition) is 1. The van der Waals surface area contributed by atoms with E-state index in [0.717, 1.165) is 0 Å². The molecule has 0 aliphatic rings. The Kier molecular flexibility index (Phi) is 4.34. The molecule has 0 saturated heterocycles. The highest BCUT2D eigenvalue weighted by atomic mass is 35.5. The molecule has 1 N–H and O–H groups in total. The van der Waals surface area contributed by atoms with E-state index in [1.165, 1.54) is 28.3 Å². The Morgan fingerprint density at radius 2 is 1.65 bits per heavy atom. The fraction of sp³-hybridized carbons (Fsp3) is 0.294. The first kappa shape index (κ1) is 14.9. The highest BCUT2D eigenvalue weighted by Crippen LogP contribution is 2.28. The summed E-state index contributed by atoms with van der Waals surface area (Å²) in [6, 6.07) is 8.86. The van der Waals surface area contributed by atoms with Gasteiger partial charge in [-0.2, -0.15) is 0 Å². The molecule has 0 heterocycles. The highest BCUT2D eigenvalue weighted by Gasteiger charge is 2.14. The minimum Gasteiger partial charge on any atom is -0.376 e. The van der Waals surface area contributed by atoms with E-state index in [-0.39, 0.29) is 11.9 Å². The third kappa shape index (κ3) is 3.13. The molecule has 2 aromatic rings. The van der Waals surface area contributed by atoms with Crippen molar-refractivity contribution in [3.8, 4) is 0 Å². The zero-order valence-corrected chi connectivity index (χ0v) is 13.0. The quantitative estimate of drug-likeness (QED) is 0.778. The lowest BCUT2D eigenvalue weighted by Gasteiger charge is -2.21. The molecule has 3 heteroatoms. The Bertz CT molecular complexity index is 614. The van der Waals surface area contributed by atoms with E-state index in [1.807, 2.05) is 6.92 Å². The van der Waals surface area contributed by atoms with E-state index in [2.05, 4.69) is 38.2 Å². The van der Waals surface area contributed by atoms with Gasteiger partial charge in [0.15, 0.2) is 0 Å². The molecule has 2 rings (SSSR count). The van der Waals surface area contributed by atoms with Crippen LogP contribution in [0.2, 0.25) is 5.02 Å². The van der Waals surface area contributed by atoms with Crippen molar-refractivity contribution >= 4 is 17.3 Å². The maximum absolute atomic E-state index is 13.8. The van der Waals surface area contributed by atoms with Gasteiger partial charge in [-0.3, -0.25) is 0 Å². The average molecular weight is 292 g/mol. The minimum absolute atomic E-state index is 0.0172. The van der Waals surface area contributed by atoms with Crippen LogP contribution in [0.3, 0.4) is 0 Å². The van der Waals surface area contributed by atoms with Crippen LogP contribution in [0.25, 0.3) is 0 Å². The van der Waals surface area contributed by atoms with Crippen molar-refractivity contribution in [3.63, 3.8) is 0 Å². The van der Waals surface area contributed by atoms with Crippen molar-refractivity contribution < 1.29 is 4.39 Å². The predicted molar refractivity (Wildman–Crippen MR) is 84.1 cm³/mol. The van der Waals surface area contributed by atoms with E-state index in [9.17, 15) is 4.39 Å². The molecule has 106 valence electrons. The monoisotopic (exact) mass is 291 g/mol. The Labute approximate surface area is 124 Å². The Morgan fingerprint density at radius 3 is 2.25 bits per heavy atom. The maximum atomic E-state index is 13.8. The maximum Gasteiger partial charge on any atom is 0.146 e. The summed E-state index contributed by atoms with van der Waals surface area (Å²) in [7, 11) is 0. The number of nitrogens with one attached hydrogen (secondary N) is 1. The smallest absolute Gasteiger partial charge is 0.146 e. The summed E-state index contributed by atoms with van der Waals surface area (Å²) >= 11 is 5.92. The van der Waals surface area contributed by atoms with E-state index in [4.69, 9.17) is 11.6 Å². The minimum atomic E-state index is -0.288. The fourth-order valence-electron chi connectivity index (χ4n) is 2.79. The molecule has 2 aromatic carbocycles. The van der Waals surface area contributed by atoms with Gasteiger partial charge < -0.3 is 5.32 Å². The molecular weight excluding hydrogens is 273 g/mol. The van der Waals surface area contributed by atoms with Gasteiger partial charge in [-0.15, -0.1) is 0 Å². The molecule has 20 heavy (non-hydrogen) atoms. The van der Waals surface area contributed by atoms with E-state index < -0.39 is 0 Å². The zero-order chi connectivity index (χ0) is 14.9. The molecule has 0 aliphatic carbocycles. The lowest BCUT2D eigenvalue weighted by atomic mass is 9.95. The van der Waals surface area contributed by atoms with Crippen molar-refractivity contribution in [2.45, 2.75) is 33.7 Å². The molecule has 0 amide bonds. The van der Waals surface area contributed by atoms with Gasteiger partial charge in [0, 0.05) is 11.1 Å². The Balaban J connectivity index is 2.33. The third-order valence-corrected chi connectivity index (χ3v) is 3.71. The van der Waals surface area contributed by atoms with Crippen LogP contribution in [-0.2, 0) is 0 Å². The number of halogens is 2. The van der Waals surface area contributed by atoms with Gasteiger partial charge in [-0.25, -0.2) is 4.39 Å². The number of anilines is 1. The van der Waals surface area contributed by atoms with Crippen molar-refractivity contribution in [3.05, 3.63) is 63.4 Å². The van der Waals surface area contributed by atoms with Gasteiger partial charge in [-0.1, -0.05) is 29.3 Å². The van der Waals surface area contributed by atoms with Crippen molar-refractivity contribution in [1.82, 2.24) is 0 Å². The molecule has 0 bridgehead atoms. The largest absolute Gasteiger partial charge is 0.376 e. The number of aryl methyl sites for hydroxylation is 3. The molecule has 0 aliphatic heterocycles. The van der Waals surface area contributed by atoms with Gasteiger partial charge in [0.25, 0.3) is 0 Å². The Hall–Kier alpha value is -1.54. The van der Waals surface area contributed by atoms with Crippen molar-refractivity contribution in [2.24, 2.45) is 0 Å². The SMILES string of the molecule is Cc1cc(C)c(C(C)Nc2cc(Cl)ccc2F)c(C)c1. The summed E-state index contributed by atoms with van der Waals surface area (Å²) in [5, 5.41) is 3.74. The molecule has 0 aromatic heterocycles. The second-order valence-corrected chi connectivity index (χ2v) is 5.74. The fourth-order valence-corrected chi connectivity index (χ4v) is 2.96. The van der Waals surface area contributed by atoms with Gasteiger partial charge in [0.2, 0.25) is 0 Å². The van der Waals surface area contributed by atoms with Crippen LogP contribution < -0.4 is 5.32 Å². The van der Waals surface area contributed by atoms with Gasteiger partial charge in [-0.05, 0) is 62.6 Å². The van der Waals surface area contributed by atoms with Crippen LogP contribution in [0.5, 0.6) is 0 Å². The molecule has 0 spiro atoms. The summed E-state index contributed by atoms with van der Waals surface area (Å²) in [4.78, 5) is 0. The van der Waals surface area contributed by atoms with Crippen LogP contribution in [0.1, 0.15) is 35.2 Å². The first-order valence-electron chi connectivity index (χ1n) is 6.68. The van der Waals surface area contributed by atoms with Crippen LogP contribution in [0.15, 0.2) is 30.3 Å². The average Bonchev–Trinajstić information content (AvgIpc) is 2.32. The molecule has 1 unspecified atom stereocenters. The first-order valence-corrected chi connectivity index (χ1v) is 7.05. The molecule has 0 saturated carbocycles. The predicted octanol–water partition coefficient (Wildman–Crippen LogP) is 5.58. The van der Waals surface area contributed by atoms with Crippen LogP contribution in [0, 0.1) is 26.6 Å². The molecular formula is C17H19ClFN. The second kappa shape index (κ2) is 5.84. The topological polar surface area (TPSA) is 12.0 Å². The normalized spacial score (nSPS) is 12.3. The summed E-state index contributed by atoms with van der Waals surface area (Å²) in [5.74, 6) is -0.288. The van der Waals surface area contributed by atoms with Gasteiger partial charge in [0.1, 0.15) is 5.82 Å². The summed E-state index contributed by atoms with van der Waals surface area (Å²) in [6.07, 6.45) is 0. The molecule has 1 nitrogen and oxygen atoms in total. The summed E-state index contributed by atoms with van der Waals surface area (Å²) in [5.41, 5.74) is 5.30. The lowest BCUT2D eigenvalue weighted by Crippen LogP contribution is -2.11. The third-order valence-electron chi connectivity index (χ3n) is 3.47. The summed E-state index contributed by atoms with van der Waals surface area (Å²) < 4.78 is 13.8. The van der Waals surface area contributed by atoms with E-state index >= 15 is 0 Å². The van der Waals surface area contributed by atoms with Crippen LogP contribution in [0.4, 0.5) is 10.1 Å². The number of benzene rings is 2. The van der Waals surface area contributed by atoms with E-state index in [0.29, 0.717) is 10.7 Å².